The lowest BCUT2D eigenvalue weighted by Gasteiger charge is -2.71. The van der Waals surface area contributed by atoms with Gasteiger partial charge in [0.25, 0.3) is 0 Å². The molecule has 6 rings (SSSR count). The van der Waals surface area contributed by atoms with E-state index in [2.05, 4.69) is 33.8 Å². The summed E-state index contributed by atoms with van der Waals surface area (Å²) in [6.45, 7) is 15.4. The van der Waals surface area contributed by atoms with Gasteiger partial charge >= 0.3 is 17.9 Å². The first-order valence-electron chi connectivity index (χ1n) is 18.8. The molecule has 1 aliphatic heterocycles. The lowest BCUT2D eigenvalue weighted by molar-refractivity contribution is -0.307. The Kier molecular flexibility index (Phi) is 9.66. The van der Waals surface area contributed by atoms with Gasteiger partial charge in [0.05, 0.1) is 30.3 Å². The van der Waals surface area contributed by atoms with Gasteiger partial charge < -0.3 is 39.4 Å². The van der Waals surface area contributed by atoms with Gasteiger partial charge in [0.1, 0.15) is 6.10 Å². The van der Waals surface area contributed by atoms with Crippen LogP contribution in [0, 0.1) is 50.7 Å². The number of esters is 2. The molecule has 50 heavy (non-hydrogen) atoms. The minimum atomic E-state index is -1.38. The first-order valence-corrected chi connectivity index (χ1v) is 18.8. The summed E-state index contributed by atoms with van der Waals surface area (Å²) in [6.07, 6.45) is 2.27. The fourth-order valence-corrected chi connectivity index (χ4v) is 12.2. The van der Waals surface area contributed by atoms with Crippen molar-refractivity contribution in [2.75, 3.05) is 6.61 Å². The maximum absolute atomic E-state index is 12.4. The highest BCUT2D eigenvalue weighted by Gasteiger charge is 2.69. The molecule has 0 aromatic heterocycles. The molecular weight excluding hydrogens is 644 g/mol. The van der Waals surface area contributed by atoms with E-state index in [0.717, 1.165) is 38.5 Å². The third-order valence-corrected chi connectivity index (χ3v) is 15.6. The highest BCUT2D eigenvalue weighted by atomic mass is 16.7. The van der Waals surface area contributed by atoms with Gasteiger partial charge in [-0.1, -0.05) is 39.3 Å². The number of hydrogen-bond donors (Lipinski definition) is 4. The molecule has 1 saturated heterocycles. The van der Waals surface area contributed by atoms with Crippen LogP contribution in [-0.4, -0.2) is 87.9 Å². The Hall–Kier alpha value is -2.05. The zero-order chi connectivity index (χ0) is 36.8. The van der Waals surface area contributed by atoms with E-state index < -0.39 is 71.7 Å². The number of hydrogen-bond acceptors (Lipinski definition) is 10. The van der Waals surface area contributed by atoms with E-state index in [1.807, 2.05) is 6.92 Å². The first-order chi connectivity index (χ1) is 23.2. The fourth-order valence-electron chi connectivity index (χ4n) is 12.2. The summed E-state index contributed by atoms with van der Waals surface area (Å²) in [4.78, 5) is 36.2. The Labute approximate surface area is 296 Å². The predicted octanol–water partition coefficient (Wildman–Crippen LogP) is 4.78. The Balaban J connectivity index is 1.27. The molecule has 5 aliphatic carbocycles. The quantitative estimate of drug-likeness (QED) is 0.222. The van der Waals surface area contributed by atoms with Crippen LogP contribution in [0.15, 0.2) is 11.6 Å². The summed E-state index contributed by atoms with van der Waals surface area (Å²) in [5.74, 6) is -2.06. The normalized spacial score (nSPS) is 51.5. The van der Waals surface area contributed by atoms with E-state index in [0.29, 0.717) is 12.8 Å². The molecule has 16 atom stereocenters. The van der Waals surface area contributed by atoms with E-state index in [-0.39, 0.29) is 52.9 Å². The lowest BCUT2D eigenvalue weighted by Crippen LogP contribution is -2.67. The predicted molar refractivity (Wildman–Crippen MR) is 181 cm³/mol. The third-order valence-electron chi connectivity index (χ3n) is 15.6. The van der Waals surface area contributed by atoms with Gasteiger partial charge in [0.15, 0.2) is 18.5 Å². The number of carbonyl (C=O) groups excluding carboxylic acids is 2. The van der Waals surface area contributed by atoms with Crippen LogP contribution in [0.5, 0.6) is 0 Å². The van der Waals surface area contributed by atoms with Gasteiger partial charge in [0, 0.05) is 31.6 Å². The van der Waals surface area contributed by atoms with Crippen LogP contribution < -0.4 is 0 Å². The Morgan fingerprint density at radius 2 is 1.56 bits per heavy atom. The number of rotatable bonds is 6. The first kappa shape index (κ1) is 37.7. The molecule has 4 saturated carbocycles. The molecule has 6 aliphatic rings. The third kappa shape index (κ3) is 5.67. The summed E-state index contributed by atoms with van der Waals surface area (Å²) in [5.41, 5.74) is -0.0625. The van der Waals surface area contributed by atoms with Gasteiger partial charge in [-0.05, 0) is 99.2 Å². The molecule has 0 spiro atoms. The van der Waals surface area contributed by atoms with Crippen molar-refractivity contribution in [3.63, 3.8) is 0 Å². The van der Waals surface area contributed by atoms with Gasteiger partial charge in [-0.15, -0.1) is 0 Å². The van der Waals surface area contributed by atoms with E-state index in [1.54, 1.807) is 6.92 Å². The second kappa shape index (κ2) is 12.8. The molecule has 0 aromatic rings. The number of carbonyl (C=O) groups is 3. The molecule has 0 radical (unpaired) electrons. The monoisotopic (exact) mass is 704 g/mol. The number of allylic oxidation sites excluding steroid dienone is 2. The van der Waals surface area contributed by atoms with Crippen molar-refractivity contribution in [3.8, 4) is 0 Å². The number of carboxylic acids is 1. The number of aliphatic hydroxyl groups excluding tert-OH is 3. The Morgan fingerprint density at radius 1 is 0.920 bits per heavy atom. The molecule has 5 fully saturated rings. The molecule has 11 nitrogen and oxygen atoms in total. The van der Waals surface area contributed by atoms with Crippen molar-refractivity contribution >= 4 is 17.9 Å². The van der Waals surface area contributed by atoms with Crippen LogP contribution in [0.3, 0.4) is 0 Å². The van der Waals surface area contributed by atoms with Crippen molar-refractivity contribution in [1.29, 1.82) is 0 Å². The van der Waals surface area contributed by atoms with Crippen LogP contribution in [0.25, 0.3) is 0 Å². The minimum absolute atomic E-state index is 0.0598. The number of aliphatic hydroxyl groups is 3. The Morgan fingerprint density at radius 3 is 2.20 bits per heavy atom. The van der Waals surface area contributed by atoms with Crippen molar-refractivity contribution in [3.05, 3.63) is 11.6 Å². The van der Waals surface area contributed by atoms with Gasteiger partial charge in [-0.25, -0.2) is 0 Å². The molecule has 4 N–H and O–H groups in total. The standard InChI is InChI=1S/C39H60O11/c1-20-31(49-21(2)40)30(44)32(50-22(3)41)33(48-20)47-19-23-24-11-12-38(7)28(39(24,8)29(43)17-27(23)42)10-9-25-26-18-36(5,34(45)46)14-13-35(26,4)15-16-37(25,38)6/h9,20,23-24,26-33,42-44H,10-19H2,1-8H3,(H,45,46)/t20-,23-,24-,26-,27-,28-,29-,30+,31-,32+,33+,35+,36+,37+,38+,39-/m0/s1. The minimum Gasteiger partial charge on any atom is -0.481 e. The van der Waals surface area contributed by atoms with E-state index in [1.165, 1.54) is 19.4 Å². The van der Waals surface area contributed by atoms with Gasteiger partial charge in [-0.3, -0.25) is 14.4 Å². The number of aliphatic carboxylic acids is 1. The number of carboxylic acid groups (broad SMARTS) is 1. The second-order valence-corrected chi connectivity index (χ2v) is 18.1. The second-order valence-electron chi connectivity index (χ2n) is 18.1. The molecule has 0 bridgehead atoms. The van der Waals surface area contributed by atoms with Crippen molar-refractivity contribution in [2.24, 2.45) is 50.7 Å². The Bertz CT molecular complexity index is 1400. The highest BCUT2D eigenvalue weighted by molar-refractivity contribution is 5.74. The summed E-state index contributed by atoms with van der Waals surface area (Å²) in [6, 6.07) is 0. The van der Waals surface area contributed by atoms with E-state index in [4.69, 9.17) is 18.9 Å². The SMILES string of the molecule is CC(=O)O[C@@H]1[C@@H](O)[C@@H](OC(C)=O)[C@H](OC[C@@H]2[C@@H](O)C[C@H](O)[C@]3(C)[C@H]4CC=C5[C@@H]6C[C@](C)(C(=O)O)CC[C@]6(C)CC[C@@]5(C)[C@]4(C)CC[C@@H]23)O[C@H]1C. The highest BCUT2D eigenvalue weighted by Crippen LogP contribution is 2.74. The van der Waals surface area contributed by atoms with Gasteiger partial charge in [0.2, 0.25) is 0 Å². The zero-order valence-corrected chi connectivity index (χ0v) is 31.1. The van der Waals surface area contributed by atoms with Crippen LogP contribution in [-0.2, 0) is 33.3 Å². The number of fused-ring (bicyclic) bond motifs is 7. The molecule has 11 heteroatoms. The van der Waals surface area contributed by atoms with Crippen molar-refractivity contribution in [1.82, 2.24) is 0 Å². The molecule has 1 heterocycles. The van der Waals surface area contributed by atoms with E-state index in [9.17, 15) is 34.8 Å². The van der Waals surface area contributed by atoms with Crippen LogP contribution in [0.1, 0.15) is 113 Å². The topological polar surface area (TPSA) is 169 Å². The van der Waals surface area contributed by atoms with Crippen LogP contribution in [0.4, 0.5) is 0 Å². The maximum Gasteiger partial charge on any atom is 0.309 e. The summed E-state index contributed by atoms with van der Waals surface area (Å²) in [7, 11) is 0. The lowest BCUT2D eigenvalue weighted by atomic mass is 9.34. The van der Waals surface area contributed by atoms with Crippen molar-refractivity contribution in [2.45, 2.75) is 156 Å². The molecule has 0 unspecified atom stereocenters. The zero-order valence-electron chi connectivity index (χ0n) is 31.1. The molecule has 0 aromatic carbocycles. The molecule has 282 valence electrons. The number of ether oxygens (including phenoxy) is 4. The van der Waals surface area contributed by atoms with Crippen LogP contribution >= 0.6 is 0 Å². The summed E-state index contributed by atoms with van der Waals surface area (Å²) < 4.78 is 23.1. The molecule has 0 amide bonds. The summed E-state index contributed by atoms with van der Waals surface area (Å²) in [5, 5.41) is 44.8. The maximum atomic E-state index is 12.4. The smallest absolute Gasteiger partial charge is 0.309 e. The summed E-state index contributed by atoms with van der Waals surface area (Å²) >= 11 is 0. The molecular formula is C39H60O11. The van der Waals surface area contributed by atoms with Gasteiger partial charge in [-0.2, -0.15) is 0 Å². The average molecular weight is 705 g/mol. The largest absolute Gasteiger partial charge is 0.481 e. The van der Waals surface area contributed by atoms with E-state index >= 15 is 0 Å². The van der Waals surface area contributed by atoms with Crippen molar-refractivity contribution < 1.29 is 53.8 Å². The average Bonchev–Trinajstić information content (AvgIpc) is 3.02. The van der Waals surface area contributed by atoms with Crippen LogP contribution in [0.2, 0.25) is 0 Å². The fraction of sp³-hybridized carbons (Fsp3) is 0.872.